The summed E-state index contributed by atoms with van der Waals surface area (Å²) in [5.74, 6) is 0.811. The summed E-state index contributed by atoms with van der Waals surface area (Å²) >= 11 is 3.47. The van der Waals surface area contributed by atoms with E-state index in [1.165, 1.54) is 0 Å². The van der Waals surface area contributed by atoms with Gasteiger partial charge in [0.1, 0.15) is 5.69 Å². The standard InChI is InChI=1S/C16H20BrN5O/c1-12(2)22-11-13(17)10-14(22)15(23)20-6-8-21(9-7-20)16-18-4-3-5-19-16/h3-5,10-12H,6-9H2,1-2H3. The van der Waals surface area contributed by atoms with Crippen molar-refractivity contribution in [1.29, 1.82) is 0 Å². The van der Waals surface area contributed by atoms with Gasteiger partial charge >= 0.3 is 0 Å². The number of aromatic nitrogens is 3. The van der Waals surface area contributed by atoms with Crippen LogP contribution in [0.25, 0.3) is 0 Å². The largest absolute Gasteiger partial charge is 0.340 e. The second kappa shape index (κ2) is 6.70. The third-order valence-corrected chi connectivity index (χ3v) is 4.43. The molecule has 7 heteroatoms. The molecule has 1 aliphatic rings. The molecule has 122 valence electrons. The highest BCUT2D eigenvalue weighted by molar-refractivity contribution is 9.10. The molecule has 1 saturated heterocycles. The molecular weight excluding hydrogens is 358 g/mol. The maximum atomic E-state index is 12.8. The van der Waals surface area contributed by atoms with E-state index in [2.05, 4.69) is 44.6 Å². The van der Waals surface area contributed by atoms with E-state index in [1.54, 1.807) is 18.5 Å². The Morgan fingerprint density at radius 2 is 1.83 bits per heavy atom. The summed E-state index contributed by atoms with van der Waals surface area (Å²) in [7, 11) is 0. The van der Waals surface area contributed by atoms with Crippen LogP contribution in [0.1, 0.15) is 30.4 Å². The van der Waals surface area contributed by atoms with Crippen molar-refractivity contribution in [3.8, 4) is 0 Å². The molecule has 2 aromatic heterocycles. The zero-order valence-corrected chi connectivity index (χ0v) is 14.9. The molecule has 2 aromatic rings. The van der Waals surface area contributed by atoms with Gasteiger partial charge in [0.05, 0.1) is 0 Å². The minimum Gasteiger partial charge on any atom is -0.340 e. The monoisotopic (exact) mass is 377 g/mol. The van der Waals surface area contributed by atoms with Gasteiger partial charge in [-0.25, -0.2) is 9.97 Å². The van der Waals surface area contributed by atoms with Crippen LogP contribution in [0.3, 0.4) is 0 Å². The van der Waals surface area contributed by atoms with Gasteiger partial charge in [-0.1, -0.05) is 0 Å². The zero-order chi connectivity index (χ0) is 16.4. The van der Waals surface area contributed by atoms with Gasteiger partial charge in [0.25, 0.3) is 5.91 Å². The average Bonchev–Trinajstić information content (AvgIpc) is 2.97. The molecule has 1 aliphatic heterocycles. The van der Waals surface area contributed by atoms with Crippen LogP contribution in [0.2, 0.25) is 0 Å². The van der Waals surface area contributed by atoms with Crippen LogP contribution < -0.4 is 4.90 Å². The fourth-order valence-corrected chi connectivity index (χ4v) is 3.21. The highest BCUT2D eigenvalue weighted by Gasteiger charge is 2.25. The maximum absolute atomic E-state index is 12.8. The fourth-order valence-electron chi connectivity index (χ4n) is 2.77. The van der Waals surface area contributed by atoms with Crippen LogP contribution in [0.4, 0.5) is 5.95 Å². The first kappa shape index (κ1) is 16.0. The summed E-state index contributed by atoms with van der Waals surface area (Å²) in [6.45, 7) is 7.01. The summed E-state index contributed by atoms with van der Waals surface area (Å²) < 4.78 is 2.95. The van der Waals surface area contributed by atoms with Crippen molar-refractivity contribution in [2.45, 2.75) is 19.9 Å². The first-order valence-electron chi connectivity index (χ1n) is 7.75. The van der Waals surface area contributed by atoms with Crippen molar-refractivity contribution < 1.29 is 4.79 Å². The van der Waals surface area contributed by atoms with E-state index < -0.39 is 0 Å². The lowest BCUT2D eigenvalue weighted by molar-refractivity contribution is 0.0733. The molecule has 0 radical (unpaired) electrons. The molecule has 0 unspecified atom stereocenters. The normalized spacial score (nSPS) is 15.3. The van der Waals surface area contributed by atoms with E-state index in [4.69, 9.17) is 0 Å². The van der Waals surface area contributed by atoms with E-state index >= 15 is 0 Å². The summed E-state index contributed by atoms with van der Waals surface area (Å²) in [5.41, 5.74) is 0.733. The van der Waals surface area contributed by atoms with Gasteiger partial charge in [0.15, 0.2) is 0 Å². The minimum absolute atomic E-state index is 0.0815. The Hall–Kier alpha value is -1.89. The minimum atomic E-state index is 0.0815. The Morgan fingerprint density at radius 3 is 2.43 bits per heavy atom. The number of hydrogen-bond acceptors (Lipinski definition) is 4. The van der Waals surface area contributed by atoms with E-state index in [1.807, 2.05) is 21.7 Å². The van der Waals surface area contributed by atoms with Crippen LogP contribution in [-0.4, -0.2) is 51.5 Å². The highest BCUT2D eigenvalue weighted by atomic mass is 79.9. The lowest BCUT2D eigenvalue weighted by Gasteiger charge is -2.34. The molecule has 0 aliphatic carbocycles. The average molecular weight is 378 g/mol. The van der Waals surface area contributed by atoms with Crippen molar-refractivity contribution >= 4 is 27.8 Å². The number of carbonyl (C=O) groups is 1. The molecule has 6 nitrogen and oxygen atoms in total. The van der Waals surface area contributed by atoms with Crippen LogP contribution in [0.5, 0.6) is 0 Å². The van der Waals surface area contributed by atoms with Gasteiger partial charge in [-0.15, -0.1) is 0 Å². The third-order valence-electron chi connectivity index (χ3n) is 3.99. The maximum Gasteiger partial charge on any atom is 0.270 e. The van der Waals surface area contributed by atoms with Crippen LogP contribution in [0, 0.1) is 0 Å². The number of carbonyl (C=O) groups excluding carboxylic acids is 1. The SMILES string of the molecule is CC(C)n1cc(Br)cc1C(=O)N1CCN(c2ncccn2)CC1. The molecule has 0 aromatic carbocycles. The molecule has 3 rings (SSSR count). The Bertz CT molecular complexity index is 677. The molecule has 0 atom stereocenters. The van der Waals surface area contributed by atoms with Crippen LogP contribution in [0.15, 0.2) is 35.2 Å². The predicted octanol–water partition coefficient (Wildman–Crippen LogP) is 2.58. The molecule has 23 heavy (non-hydrogen) atoms. The molecule has 1 fully saturated rings. The second-order valence-electron chi connectivity index (χ2n) is 5.87. The van der Waals surface area contributed by atoms with Gasteiger partial charge in [-0.05, 0) is 41.9 Å². The third kappa shape index (κ3) is 3.39. The van der Waals surface area contributed by atoms with Gasteiger partial charge in [0, 0.05) is 55.3 Å². The van der Waals surface area contributed by atoms with E-state index in [-0.39, 0.29) is 11.9 Å². The number of piperazine rings is 1. The van der Waals surface area contributed by atoms with Crippen molar-refractivity contribution in [3.63, 3.8) is 0 Å². The topological polar surface area (TPSA) is 54.3 Å². The number of hydrogen-bond donors (Lipinski definition) is 0. The number of rotatable bonds is 3. The van der Waals surface area contributed by atoms with Gasteiger partial charge in [0.2, 0.25) is 5.95 Å². The Labute approximate surface area is 144 Å². The lowest BCUT2D eigenvalue weighted by atomic mass is 10.2. The van der Waals surface area contributed by atoms with Crippen molar-refractivity contribution in [2.24, 2.45) is 0 Å². The van der Waals surface area contributed by atoms with Crippen LogP contribution >= 0.6 is 15.9 Å². The summed E-state index contributed by atoms with van der Waals surface area (Å²) in [6, 6.07) is 3.95. The summed E-state index contributed by atoms with van der Waals surface area (Å²) in [6.07, 6.45) is 5.45. The van der Waals surface area contributed by atoms with E-state index in [0.717, 1.165) is 29.2 Å². The van der Waals surface area contributed by atoms with Crippen molar-refractivity contribution in [2.75, 3.05) is 31.1 Å². The smallest absolute Gasteiger partial charge is 0.270 e. The van der Waals surface area contributed by atoms with E-state index in [0.29, 0.717) is 13.1 Å². The van der Waals surface area contributed by atoms with E-state index in [9.17, 15) is 4.79 Å². The molecule has 0 bridgehead atoms. The predicted molar refractivity (Wildman–Crippen MR) is 92.7 cm³/mol. The quantitative estimate of drug-likeness (QED) is 0.824. The first-order chi connectivity index (χ1) is 11.1. The molecular formula is C16H20BrN5O. The molecule has 0 saturated carbocycles. The number of halogens is 1. The highest BCUT2D eigenvalue weighted by Crippen LogP contribution is 2.21. The molecule has 1 amide bonds. The second-order valence-corrected chi connectivity index (χ2v) is 6.79. The van der Waals surface area contributed by atoms with Crippen LogP contribution in [-0.2, 0) is 0 Å². The Kier molecular flexibility index (Phi) is 4.66. The van der Waals surface area contributed by atoms with Gasteiger partial charge < -0.3 is 14.4 Å². The number of anilines is 1. The Morgan fingerprint density at radius 1 is 1.17 bits per heavy atom. The fraction of sp³-hybridized carbons (Fsp3) is 0.438. The molecule has 3 heterocycles. The Balaban J connectivity index is 1.69. The number of amides is 1. The lowest BCUT2D eigenvalue weighted by Crippen LogP contribution is -2.49. The summed E-state index contributed by atoms with van der Waals surface area (Å²) in [5, 5.41) is 0. The molecule has 0 N–H and O–H groups in total. The first-order valence-corrected chi connectivity index (χ1v) is 8.54. The van der Waals surface area contributed by atoms with Crippen molar-refractivity contribution in [1.82, 2.24) is 19.4 Å². The summed E-state index contributed by atoms with van der Waals surface area (Å²) in [4.78, 5) is 25.4. The zero-order valence-electron chi connectivity index (χ0n) is 13.3. The number of nitrogens with zero attached hydrogens (tertiary/aromatic N) is 5. The molecule has 0 spiro atoms. The van der Waals surface area contributed by atoms with Gasteiger partial charge in [-0.2, -0.15) is 0 Å². The van der Waals surface area contributed by atoms with Gasteiger partial charge in [-0.3, -0.25) is 4.79 Å². The van der Waals surface area contributed by atoms with Crippen molar-refractivity contribution in [3.05, 3.63) is 40.9 Å².